The molecule has 5 nitrogen and oxygen atoms in total. The lowest BCUT2D eigenvalue weighted by Crippen LogP contribution is -2.31. The number of H-pyrrole nitrogens is 1. The van der Waals surface area contributed by atoms with Gasteiger partial charge in [0.25, 0.3) is 0 Å². The quantitative estimate of drug-likeness (QED) is 0.567. The van der Waals surface area contributed by atoms with Crippen molar-refractivity contribution in [1.29, 1.82) is 0 Å². The SMILES string of the molecule is CNC(=O)CC(=O)NCCc1c(-c2ccc(F)cc2)[nH]c2c(F)cc(F)cc12. The molecule has 2 aromatic carbocycles. The zero-order chi connectivity index (χ0) is 20.3. The molecular formula is C20H18F3N3O2. The fourth-order valence-electron chi connectivity index (χ4n) is 3.02. The highest BCUT2D eigenvalue weighted by molar-refractivity contribution is 5.96. The Bertz CT molecular complexity index is 1030. The first-order chi connectivity index (χ1) is 13.4. The Balaban J connectivity index is 1.92. The van der Waals surface area contributed by atoms with Crippen molar-refractivity contribution in [3.63, 3.8) is 0 Å². The van der Waals surface area contributed by atoms with Gasteiger partial charge in [0.2, 0.25) is 11.8 Å². The molecule has 1 aromatic heterocycles. The van der Waals surface area contributed by atoms with Crippen LogP contribution in [0.5, 0.6) is 0 Å². The number of aromatic nitrogens is 1. The molecule has 0 bridgehead atoms. The van der Waals surface area contributed by atoms with Crippen molar-refractivity contribution < 1.29 is 22.8 Å². The number of halogens is 3. The van der Waals surface area contributed by atoms with E-state index in [9.17, 15) is 22.8 Å². The smallest absolute Gasteiger partial charge is 0.229 e. The molecule has 0 aliphatic carbocycles. The predicted octanol–water partition coefficient (Wildman–Crippen LogP) is 3.05. The molecule has 0 saturated carbocycles. The molecule has 0 unspecified atom stereocenters. The van der Waals surface area contributed by atoms with Crippen LogP contribution in [0.1, 0.15) is 12.0 Å². The van der Waals surface area contributed by atoms with Crippen molar-refractivity contribution in [1.82, 2.24) is 15.6 Å². The van der Waals surface area contributed by atoms with E-state index in [1.807, 2.05) is 0 Å². The molecule has 1 heterocycles. The van der Waals surface area contributed by atoms with Gasteiger partial charge in [-0.1, -0.05) is 0 Å². The lowest BCUT2D eigenvalue weighted by molar-refractivity contribution is -0.128. The zero-order valence-corrected chi connectivity index (χ0v) is 15.0. The zero-order valence-electron chi connectivity index (χ0n) is 15.0. The maximum atomic E-state index is 14.2. The summed E-state index contributed by atoms with van der Waals surface area (Å²) in [5, 5.41) is 5.30. The highest BCUT2D eigenvalue weighted by Gasteiger charge is 2.17. The number of hydrogen-bond donors (Lipinski definition) is 3. The van der Waals surface area contributed by atoms with Gasteiger partial charge in [-0.15, -0.1) is 0 Å². The number of hydrogen-bond acceptors (Lipinski definition) is 2. The lowest BCUT2D eigenvalue weighted by atomic mass is 10.0. The van der Waals surface area contributed by atoms with E-state index in [-0.39, 0.29) is 24.9 Å². The number of aromatic amines is 1. The fourth-order valence-corrected chi connectivity index (χ4v) is 3.02. The van der Waals surface area contributed by atoms with Crippen molar-refractivity contribution in [3.05, 3.63) is 59.4 Å². The first kappa shape index (κ1) is 19.5. The van der Waals surface area contributed by atoms with Crippen LogP contribution < -0.4 is 10.6 Å². The van der Waals surface area contributed by atoms with Crippen molar-refractivity contribution in [2.24, 2.45) is 0 Å². The molecular weight excluding hydrogens is 371 g/mol. The van der Waals surface area contributed by atoms with Crippen LogP contribution in [0.4, 0.5) is 13.2 Å². The molecule has 3 N–H and O–H groups in total. The molecule has 0 fully saturated rings. The highest BCUT2D eigenvalue weighted by Crippen LogP contribution is 2.32. The summed E-state index contributed by atoms with van der Waals surface area (Å²) in [6.07, 6.45) is -0.0481. The molecule has 8 heteroatoms. The van der Waals surface area contributed by atoms with E-state index in [1.54, 1.807) is 0 Å². The van der Waals surface area contributed by atoms with Crippen LogP contribution in [0.15, 0.2) is 36.4 Å². The topological polar surface area (TPSA) is 74.0 Å². The Morgan fingerprint density at radius 2 is 1.71 bits per heavy atom. The van der Waals surface area contributed by atoms with Gasteiger partial charge in [-0.25, -0.2) is 13.2 Å². The summed E-state index contributed by atoms with van der Waals surface area (Å²) in [4.78, 5) is 25.9. The minimum Gasteiger partial charge on any atom is -0.359 e. The Hall–Kier alpha value is -3.29. The molecule has 28 heavy (non-hydrogen) atoms. The van der Waals surface area contributed by atoms with Crippen LogP contribution in [0.3, 0.4) is 0 Å². The lowest BCUT2D eigenvalue weighted by Gasteiger charge is -2.07. The largest absolute Gasteiger partial charge is 0.359 e. The number of carbonyl (C=O) groups is 2. The van der Waals surface area contributed by atoms with Gasteiger partial charge in [-0.2, -0.15) is 0 Å². The van der Waals surface area contributed by atoms with Crippen molar-refractivity contribution >= 4 is 22.7 Å². The molecule has 0 saturated heterocycles. The molecule has 2 amide bonds. The number of nitrogens with one attached hydrogen (secondary N) is 3. The molecule has 0 radical (unpaired) electrons. The van der Waals surface area contributed by atoms with Crippen molar-refractivity contribution in [2.45, 2.75) is 12.8 Å². The van der Waals surface area contributed by atoms with Crippen LogP contribution in [-0.4, -0.2) is 30.4 Å². The summed E-state index contributed by atoms with van der Waals surface area (Å²) in [5.41, 5.74) is 1.83. The Morgan fingerprint density at radius 3 is 2.39 bits per heavy atom. The van der Waals surface area contributed by atoms with Gasteiger partial charge in [0.05, 0.1) is 5.52 Å². The van der Waals surface area contributed by atoms with Crippen LogP contribution in [-0.2, 0) is 16.0 Å². The molecule has 3 aromatic rings. The van der Waals surface area contributed by atoms with E-state index >= 15 is 0 Å². The molecule has 0 aliphatic heterocycles. The summed E-state index contributed by atoms with van der Waals surface area (Å²) in [5.74, 6) is -2.76. The summed E-state index contributed by atoms with van der Waals surface area (Å²) in [7, 11) is 1.43. The Kier molecular flexibility index (Phi) is 5.67. The molecule has 0 atom stereocenters. The van der Waals surface area contributed by atoms with Gasteiger partial charge in [0.15, 0.2) is 0 Å². The third kappa shape index (κ3) is 4.16. The van der Waals surface area contributed by atoms with Crippen molar-refractivity contribution in [2.75, 3.05) is 13.6 Å². The molecule has 0 aliphatic rings. The third-order valence-electron chi connectivity index (χ3n) is 4.36. The second kappa shape index (κ2) is 8.16. The third-order valence-corrected chi connectivity index (χ3v) is 4.36. The average Bonchev–Trinajstić information content (AvgIpc) is 3.01. The minimum absolute atomic E-state index is 0.132. The summed E-state index contributed by atoms with van der Waals surface area (Å²) < 4.78 is 41.2. The number of rotatable bonds is 6. The van der Waals surface area contributed by atoms with E-state index in [0.717, 1.165) is 6.07 Å². The van der Waals surface area contributed by atoms with E-state index in [0.29, 0.717) is 22.2 Å². The molecule has 3 rings (SSSR count). The second-order valence-electron chi connectivity index (χ2n) is 6.25. The van der Waals surface area contributed by atoms with Gasteiger partial charge in [0.1, 0.15) is 23.9 Å². The van der Waals surface area contributed by atoms with E-state index in [2.05, 4.69) is 15.6 Å². The number of benzene rings is 2. The van der Waals surface area contributed by atoms with Gasteiger partial charge >= 0.3 is 0 Å². The van der Waals surface area contributed by atoms with Gasteiger partial charge < -0.3 is 15.6 Å². The predicted molar refractivity (Wildman–Crippen MR) is 99.0 cm³/mol. The molecule has 146 valence electrons. The van der Waals surface area contributed by atoms with Crippen LogP contribution in [0.25, 0.3) is 22.2 Å². The van der Waals surface area contributed by atoms with E-state index in [1.165, 1.54) is 37.4 Å². The van der Waals surface area contributed by atoms with Crippen molar-refractivity contribution in [3.8, 4) is 11.3 Å². The number of carbonyl (C=O) groups excluding carboxylic acids is 2. The maximum absolute atomic E-state index is 14.2. The highest BCUT2D eigenvalue weighted by atomic mass is 19.1. The normalized spacial score (nSPS) is 10.9. The van der Waals surface area contributed by atoms with Crippen LogP contribution >= 0.6 is 0 Å². The van der Waals surface area contributed by atoms with E-state index in [4.69, 9.17) is 0 Å². The van der Waals surface area contributed by atoms with Gasteiger partial charge in [-0.05, 0) is 47.9 Å². The summed E-state index contributed by atoms with van der Waals surface area (Å²) >= 11 is 0. The second-order valence-corrected chi connectivity index (χ2v) is 6.25. The first-order valence-corrected chi connectivity index (χ1v) is 8.62. The van der Waals surface area contributed by atoms with Crippen LogP contribution in [0.2, 0.25) is 0 Å². The summed E-state index contributed by atoms with van der Waals surface area (Å²) in [6.45, 7) is 0.162. The Labute approximate surface area is 158 Å². The Morgan fingerprint density at radius 1 is 1.00 bits per heavy atom. The monoisotopic (exact) mass is 389 g/mol. The number of fused-ring (bicyclic) bond motifs is 1. The van der Waals surface area contributed by atoms with E-state index < -0.39 is 29.3 Å². The fraction of sp³-hybridized carbons (Fsp3) is 0.200. The standard InChI is InChI=1S/C20H18F3N3O2/c1-24-17(27)10-18(28)25-7-6-14-15-8-13(22)9-16(23)20(15)26-19(14)11-2-4-12(21)5-3-11/h2-5,8-9,26H,6-7,10H2,1H3,(H,24,27)(H,25,28). The first-order valence-electron chi connectivity index (χ1n) is 8.62. The maximum Gasteiger partial charge on any atom is 0.229 e. The minimum atomic E-state index is -0.742. The number of amides is 2. The van der Waals surface area contributed by atoms with Gasteiger partial charge in [0, 0.05) is 30.7 Å². The van der Waals surface area contributed by atoms with Gasteiger partial charge in [-0.3, -0.25) is 9.59 Å². The summed E-state index contributed by atoms with van der Waals surface area (Å²) in [6, 6.07) is 7.59. The van der Waals surface area contributed by atoms with Crippen LogP contribution in [0, 0.1) is 17.5 Å². The average molecular weight is 389 g/mol. The molecule has 0 spiro atoms.